The first-order valence-corrected chi connectivity index (χ1v) is 6.70. The van der Waals surface area contributed by atoms with Crippen molar-refractivity contribution in [2.24, 2.45) is 0 Å². The van der Waals surface area contributed by atoms with Crippen molar-refractivity contribution in [1.29, 1.82) is 0 Å². The Morgan fingerprint density at radius 1 is 1.25 bits per heavy atom. The van der Waals surface area contributed by atoms with Crippen LogP contribution in [0.3, 0.4) is 0 Å². The van der Waals surface area contributed by atoms with Crippen LogP contribution in [-0.4, -0.2) is 25.7 Å². The summed E-state index contributed by atoms with van der Waals surface area (Å²) in [7, 11) is 1.70. The van der Waals surface area contributed by atoms with Crippen LogP contribution in [0, 0.1) is 0 Å². The Hall–Kier alpha value is -0.0900. The zero-order chi connectivity index (χ0) is 11.8. The highest BCUT2D eigenvalue weighted by Crippen LogP contribution is 2.21. The molecule has 0 radical (unpaired) electrons. The number of rotatable bonds is 7. The topological polar surface area (TPSA) is 18.5 Å². The molecule has 4 heteroatoms. The number of benzene rings is 1. The molecule has 1 rings (SSSR count). The largest absolute Gasteiger partial charge is 0.385 e. The third-order valence-corrected chi connectivity index (χ3v) is 3.03. The van der Waals surface area contributed by atoms with E-state index in [-0.39, 0.29) is 6.10 Å². The smallest absolute Gasteiger partial charge is 0.0921 e. The van der Waals surface area contributed by atoms with E-state index in [4.69, 9.17) is 21.1 Å². The molecule has 0 amide bonds. The molecule has 0 heterocycles. The van der Waals surface area contributed by atoms with E-state index in [1.165, 1.54) is 0 Å². The zero-order valence-electron chi connectivity index (χ0n) is 9.29. The van der Waals surface area contributed by atoms with E-state index in [1.807, 2.05) is 24.3 Å². The van der Waals surface area contributed by atoms with E-state index in [0.717, 1.165) is 28.9 Å². The molecule has 0 spiro atoms. The summed E-state index contributed by atoms with van der Waals surface area (Å²) in [4.78, 5) is 0. The fourth-order valence-corrected chi connectivity index (χ4v) is 2.02. The van der Waals surface area contributed by atoms with E-state index >= 15 is 0 Å². The maximum absolute atomic E-state index is 5.84. The predicted octanol–water partition coefficient (Wildman–Crippen LogP) is 3.83. The Labute approximate surface area is 110 Å². The highest BCUT2D eigenvalue weighted by atomic mass is 79.9. The lowest BCUT2D eigenvalue weighted by Gasteiger charge is -2.15. The van der Waals surface area contributed by atoms with Crippen molar-refractivity contribution in [1.82, 2.24) is 0 Å². The van der Waals surface area contributed by atoms with Crippen LogP contribution in [0.2, 0.25) is 5.02 Å². The molecule has 1 aromatic rings. The second kappa shape index (κ2) is 8.07. The van der Waals surface area contributed by atoms with Crippen LogP contribution in [0.5, 0.6) is 0 Å². The molecule has 0 saturated heterocycles. The molecule has 0 aliphatic rings. The molecule has 0 aliphatic carbocycles. The summed E-state index contributed by atoms with van der Waals surface area (Å²) in [5.41, 5.74) is 1.14. The number of hydrogen-bond donors (Lipinski definition) is 0. The Balaban J connectivity index is 2.44. The molecule has 0 aromatic heterocycles. The molecule has 1 atom stereocenters. The summed E-state index contributed by atoms with van der Waals surface area (Å²) >= 11 is 9.29. The van der Waals surface area contributed by atoms with Crippen LogP contribution >= 0.6 is 27.5 Å². The average Bonchev–Trinajstić information content (AvgIpc) is 2.31. The van der Waals surface area contributed by atoms with Gasteiger partial charge in [-0.15, -0.1) is 0 Å². The Bertz CT molecular complexity index is 290. The van der Waals surface area contributed by atoms with Gasteiger partial charge in [-0.05, 0) is 24.1 Å². The molecule has 0 saturated carbocycles. The molecular weight excluding hydrogens is 291 g/mol. The van der Waals surface area contributed by atoms with Gasteiger partial charge in [0.25, 0.3) is 0 Å². The molecule has 1 aromatic carbocycles. The molecule has 1 unspecified atom stereocenters. The van der Waals surface area contributed by atoms with Crippen molar-refractivity contribution in [3.05, 3.63) is 34.9 Å². The minimum Gasteiger partial charge on any atom is -0.385 e. The number of methoxy groups -OCH3 is 1. The standard InChI is InChI=1S/C12H16BrClO2/c1-15-7-2-8-16-12(9-13)10-3-5-11(14)6-4-10/h3-6,12H,2,7-9H2,1H3. The van der Waals surface area contributed by atoms with Gasteiger partial charge in [-0.1, -0.05) is 39.7 Å². The molecule has 0 aliphatic heterocycles. The monoisotopic (exact) mass is 306 g/mol. The van der Waals surface area contributed by atoms with Crippen LogP contribution in [-0.2, 0) is 9.47 Å². The van der Waals surface area contributed by atoms with Crippen molar-refractivity contribution >= 4 is 27.5 Å². The van der Waals surface area contributed by atoms with E-state index in [1.54, 1.807) is 7.11 Å². The van der Waals surface area contributed by atoms with Gasteiger partial charge in [0.2, 0.25) is 0 Å². The van der Waals surface area contributed by atoms with Gasteiger partial charge in [0.15, 0.2) is 0 Å². The van der Waals surface area contributed by atoms with Crippen molar-refractivity contribution in [3.63, 3.8) is 0 Å². The van der Waals surface area contributed by atoms with Crippen LogP contribution in [0.1, 0.15) is 18.1 Å². The number of alkyl halides is 1. The van der Waals surface area contributed by atoms with Gasteiger partial charge in [-0.25, -0.2) is 0 Å². The lowest BCUT2D eigenvalue weighted by molar-refractivity contribution is 0.0532. The summed E-state index contributed by atoms with van der Waals surface area (Å²) in [5.74, 6) is 0. The van der Waals surface area contributed by atoms with Crippen LogP contribution < -0.4 is 0 Å². The molecule has 0 bridgehead atoms. The first-order valence-electron chi connectivity index (χ1n) is 5.20. The van der Waals surface area contributed by atoms with Gasteiger partial charge in [0, 0.05) is 30.7 Å². The third-order valence-electron chi connectivity index (χ3n) is 2.19. The SMILES string of the molecule is COCCCOC(CBr)c1ccc(Cl)cc1. The van der Waals surface area contributed by atoms with Crippen molar-refractivity contribution in [2.75, 3.05) is 25.7 Å². The van der Waals surface area contributed by atoms with Crippen molar-refractivity contribution in [3.8, 4) is 0 Å². The Morgan fingerprint density at radius 2 is 1.94 bits per heavy atom. The minimum absolute atomic E-state index is 0.0779. The number of halogens is 2. The average molecular weight is 308 g/mol. The molecule has 0 fully saturated rings. The molecule has 0 N–H and O–H groups in total. The van der Waals surface area contributed by atoms with Crippen molar-refractivity contribution in [2.45, 2.75) is 12.5 Å². The van der Waals surface area contributed by atoms with E-state index in [0.29, 0.717) is 6.61 Å². The Kier molecular flexibility index (Phi) is 7.05. The number of hydrogen-bond acceptors (Lipinski definition) is 2. The highest BCUT2D eigenvalue weighted by molar-refractivity contribution is 9.09. The Morgan fingerprint density at radius 3 is 2.50 bits per heavy atom. The van der Waals surface area contributed by atoms with Crippen LogP contribution in [0.4, 0.5) is 0 Å². The second-order valence-electron chi connectivity index (χ2n) is 3.41. The maximum atomic E-state index is 5.84. The predicted molar refractivity (Wildman–Crippen MR) is 70.4 cm³/mol. The summed E-state index contributed by atoms with van der Waals surface area (Å²) in [6, 6.07) is 7.74. The van der Waals surface area contributed by atoms with Gasteiger partial charge in [0.05, 0.1) is 6.10 Å². The fourth-order valence-electron chi connectivity index (χ4n) is 1.34. The normalized spacial score (nSPS) is 12.7. The minimum atomic E-state index is 0.0779. The lowest BCUT2D eigenvalue weighted by Crippen LogP contribution is -2.08. The maximum Gasteiger partial charge on any atom is 0.0921 e. The van der Waals surface area contributed by atoms with Gasteiger partial charge >= 0.3 is 0 Å². The molecule has 16 heavy (non-hydrogen) atoms. The first-order chi connectivity index (χ1) is 7.77. The number of ether oxygens (including phenoxy) is 2. The summed E-state index contributed by atoms with van der Waals surface area (Å²) in [5, 5.41) is 1.53. The van der Waals surface area contributed by atoms with Crippen molar-refractivity contribution < 1.29 is 9.47 Å². The fraction of sp³-hybridized carbons (Fsp3) is 0.500. The van der Waals surface area contributed by atoms with Gasteiger partial charge in [-0.2, -0.15) is 0 Å². The molecule has 90 valence electrons. The molecule has 2 nitrogen and oxygen atoms in total. The summed E-state index contributed by atoms with van der Waals surface area (Å²) < 4.78 is 10.7. The zero-order valence-corrected chi connectivity index (χ0v) is 11.6. The van der Waals surface area contributed by atoms with Gasteiger partial charge in [-0.3, -0.25) is 0 Å². The van der Waals surface area contributed by atoms with Crippen LogP contribution in [0.25, 0.3) is 0 Å². The first kappa shape index (κ1) is 14.0. The summed E-state index contributed by atoms with van der Waals surface area (Å²) in [6.45, 7) is 1.43. The highest BCUT2D eigenvalue weighted by Gasteiger charge is 2.09. The van der Waals surface area contributed by atoms with E-state index < -0.39 is 0 Å². The lowest BCUT2D eigenvalue weighted by atomic mass is 10.1. The molecular formula is C12H16BrClO2. The third kappa shape index (κ3) is 4.83. The van der Waals surface area contributed by atoms with Crippen LogP contribution in [0.15, 0.2) is 24.3 Å². The van der Waals surface area contributed by atoms with E-state index in [2.05, 4.69) is 15.9 Å². The second-order valence-corrected chi connectivity index (χ2v) is 4.50. The van der Waals surface area contributed by atoms with E-state index in [9.17, 15) is 0 Å². The van der Waals surface area contributed by atoms with Gasteiger partial charge < -0.3 is 9.47 Å². The summed E-state index contributed by atoms with van der Waals surface area (Å²) in [6.07, 6.45) is 0.988. The van der Waals surface area contributed by atoms with Gasteiger partial charge in [0.1, 0.15) is 0 Å². The quantitative estimate of drug-likeness (QED) is 0.563.